The molecule has 0 bridgehead atoms. The van der Waals surface area contributed by atoms with E-state index in [1.54, 1.807) is 33.6 Å². The Labute approximate surface area is 180 Å². The average Bonchev–Trinajstić information content (AvgIpc) is 2.99. The monoisotopic (exact) mass is 425 g/mol. The van der Waals surface area contributed by atoms with Crippen molar-refractivity contribution in [2.45, 2.75) is 20.4 Å². The average molecular weight is 425 g/mol. The molecule has 2 heterocycles. The molecule has 5 N–H and O–H groups in total. The van der Waals surface area contributed by atoms with E-state index in [1.165, 1.54) is 0 Å². The third-order valence-corrected chi connectivity index (χ3v) is 4.82. The van der Waals surface area contributed by atoms with Gasteiger partial charge in [-0.15, -0.1) is 0 Å². The maximum absolute atomic E-state index is 5.67. The quantitative estimate of drug-likeness (QED) is 0.370. The van der Waals surface area contributed by atoms with Crippen molar-refractivity contribution < 1.29 is 14.2 Å². The standard InChI is InChI=1S/C21H27N7O3/c1-12-6-15(10-24-27-19-9-18(22)25-21(23)26-19)13(2)28(12)11-14-7-16(29-3)20(31-5)17(8-14)30-4/h6-10H,11H2,1-5H3,(H5,22,23,25,26,27)/b24-10+. The Bertz CT molecular complexity index is 1060. The second kappa shape index (κ2) is 9.24. The maximum Gasteiger partial charge on any atom is 0.223 e. The van der Waals surface area contributed by atoms with Crippen molar-refractivity contribution in [3.05, 3.63) is 46.8 Å². The number of methoxy groups -OCH3 is 3. The largest absolute Gasteiger partial charge is 0.493 e. The molecule has 0 amide bonds. The van der Waals surface area contributed by atoms with E-state index in [0.717, 1.165) is 22.5 Å². The summed E-state index contributed by atoms with van der Waals surface area (Å²) in [5.41, 5.74) is 18.2. The number of hydrogen-bond acceptors (Lipinski definition) is 9. The number of aryl methyl sites for hydroxylation is 1. The van der Waals surface area contributed by atoms with Gasteiger partial charge in [0.1, 0.15) is 5.82 Å². The van der Waals surface area contributed by atoms with Gasteiger partial charge in [-0.25, -0.2) is 0 Å². The fourth-order valence-electron chi connectivity index (χ4n) is 3.32. The minimum atomic E-state index is 0.0845. The summed E-state index contributed by atoms with van der Waals surface area (Å²) in [6.07, 6.45) is 1.72. The van der Waals surface area contributed by atoms with Gasteiger partial charge in [0.25, 0.3) is 0 Å². The lowest BCUT2D eigenvalue weighted by Crippen LogP contribution is -2.06. The van der Waals surface area contributed by atoms with Crippen LogP contribution < -0.4 is 31.1 Å². The fraction of sp³-hybridized carbons (Fsp3) is 0.286. The van der Waals surface area contributed by atoms with Gasteiger partial charge in [-0.1, -0.05) is 0 Å². The second-order valence-corrected chi connectivity index (χ2v) is 6.85. The molecule has 0 aliphatic heterocycles. The van der Waals surface area contributed by atoms with Gasteiger partial charge in [0.2, 0.25) is 11.7 Å². The summed E-state index contributed by atoms with van der Waals surface area (Å²) in [4.78, 5) is 7.86. The Kier molecular flexibility index (Phi) is 6.49. The summed E-state index contributed by atoms with van der Waals surface area (Å²) in [5.74, 6) is 2.59. The maximum atomic E-state index is 5.67. The molecule has 0 aliphatic rings. The number of nitrogens with one attached hydrogen (secondary N) is 1. The minimum Gasteiger partial charge on any atom is -0.493 e. The van der Waals surface area contributed by atoms with Crippen LogP contribution in [-0.2, 0) is 6.54 Å². The summed E-state index contributed by atoms with van der Waals surface area (Å²) in [7, 11) is 4.80. The molecular weight excluding hydrogens is 398 g/mol. The van der Waals surface area contributed by atoms with Crippen LogP contribution in [0.1, 0.15) is 22.5 Å². The predicted octanol–water partition coefficient (Wildman–Crippen LogP) is 2.58. The van der Waals surface area contributed by atoms with E-state index in [1.807, 2.05) is 26.0 Å². The number of anilines is 3. The van der Waals surface area contributed by atoms with Crippen LogP contribution in [0.2, 0.25) is 0 Å². The van der Waals surface area contributed by atoms with Crippen molar-refractivity contribution >= 4 is 23.8 Å². The number of rotatable bonds is 8. The first-order chi connectivity index (χ1) is 14.9. The van der Waals surface area contributed by atoms with Crippen LogP contribution in [0.25, 0.3) is 0 Å². The Morgan fingerprint density at radius 3 is 2.26 bits per heavy atom. The van der Waals surface area contributed by atoms with Crippen molar-refractivity contribution in [3.8, 4) is 17.2 Å². The van der Waals surface area contributed by atoms with E-state index in [0.29, 0.717) is 29.6 Å². The smallest absolute Gasteiger partial charge is 0.223 e. The van der Waals surface area contributed by atoms with Crippen LogP contribution in [0.15, 0.2) is 29.4 Å². The Morgan fingerprint density at radius 2 is 1.68 bits per heavy atom. The van der Waals surface area contributed by atoms with Gasteiger partial charge in [0, 0.05) is 29.6 Å². The fourth-order valence-corrected chi connectivity index (χ4v) is 3.32. The molecule has 0 unspecified atom stereocenters. The first-order valence-corrected chi connectivity index (χ1v) is 9.51. The van der Waals surface area contributed by atoms with E-state index in [-0.39, 0.29) is 11.8 Å². The van der Waals surface area contributed by atoms with Crippen molar-refractivity contribution in [1.29, 1.82) is 0 Å². The number of aromatic nitrogens is 3. The molecule has 0 fully saturated rings. The van der Waals surface area contributed by atoms with Gasteiger partial charge >= 0.3 is 0 Å². The zero-order valence-corrected chi connectivity index (χ0v) is 18.3. The second-order valence-electron chi connectivity index (χ2n) is 6.85. The molecule has 10 nitrogen and oxygen atoms in total. The van der Waals surface area contributed by atoms with Crippen LogP contribution >= 0.6 is 0 Å². The molecule has 0 spiro atoms. The number of hydrazone groups is 1. The summed E-state index contributed by atoms with van der Waals surface area (Å²) in [6, 6.07) is 7.50. The Balaban J connectivity index is 1.83. The van der Waals surface area contributed by atoms with Gasteiger partial charge in [-0.05, 0) is 37.6 Å². The minimum absolute atomic E-state index is 0.0845. The SMILES string of the molecule is COc1cc(Cn2c(C)cc(/C=N/Nc3cc(N)nc(N)n3)c2C)cc(OC)c1OC. The Morgan fingerprint density at radius 1 is 1.00 bits per heavy atom. The molecule has 0 radical (unpaired) electrons. The van der Waals surface area contributed by atoms with Crippen LogP contribution in [0.3, 0.4) is 0 Å². The number of nitrogens with two attached hydrogens (primary N) is 2. The Hall–Kier alpha value is -3.95. The number of nitrogen functional groups attached to an aromatic ring is 2. The topological polar surface area (TPSA) is 135 Å². The molecule has 0 aliphatic carbocycles. The zero-order valence-electron chi connectivity index (χ0n) is 18.3. The lowest BCUT2D eigenvalue weighted by molar-refractivity contribution is 0.323. The van der Waals surface area contributed by atoms with Crippen molar-refractivity contribution in [3.63, 3.8) is 0 Å². The normalized spacial score (nSPS) is 11.0. The highest BCUT2D eigenvalue weighted by Crippen LogP contribution is 2.38. The van der Waals surface area contributed by atoms with Gasteiger partial charge in [0.15, 0.2) is 17.3 Å². The van der Waals surface area contributed by atoms with Gasteiger partial charge in [0.05, 0.1) is 27.5 Å². The molecule has 3 aromatic rings. The van der Waals surface area contributed by atoms with Crippen molar-refractivity contribution in [2.75, 3.05) is 38.2 Å². The van der Waals surface area contributed by atoms with Crippen molar-refractivity contribution in [1.82, 2.24) is 14.5 Å². The molecule has 10 heteroatoms. The highest BCUT2D eigenvalue weighted by Gasteiger charge is 2.15. The lowest BCUT2D eigenvalue weighted by Gasteiger charge is -2.16. The van der Waals surface area contributed by atoms with E-state index >= 15 is 0 Å². The molecule has 1 aromatic carbocycles. The number of benzene rings is 1. The van der Waals surface area contributed by atoms with Crippen LogP contribution in [0.4, 0.5) is 17.6 Å². The molecule has 31 heavy (non-hydrogen) atoms. The third kappa shape index (κ3) is 4.80. The van der Waals surface area contributed by atoms with E-state index in [9.17, 15) is 0 Å². The van der Waals surface area contributed by atoms with E-state index < -0.39 is 0 Å². The number of nitrogens with zero attached hydrogens (tertiary/aromatic N) is 4. The molecule has 164 valence electrons. The van der Waals surface area contributed by atoms with E-state index in [4.69, 9.17) is 25.7 Å². The van der Waals surface area contributed by atoms with Gasteiger partial charge < -0.3 is 30.2 Å². The summed E-state index contributed by atoms with van der Waals surface area (Å²) < 4.78 is 18.5. The summed E-state index contributed by atoms with van der Waals surface area (Å²) in [6.45, 7) is 4.71. The molecular formula is C21H27N7O3. The molecule has 0 atom stereocenters. The number of ether oxygens (including phenoxy) is 3. The summed E-state index contributed by atoms with van der Waals surface area (Å²) in [5, 5.41) is 4.25. The molecule has 0 saturated carbocycles. The van der Waals surface area contributed by atoms with Crippen LogP contribution in [-0.4, -0.2) is 42.1 Å². The van der Waals surface area contributed by atoms with Crippen LogP contribution in [0, 0.1) is 13.8 Å². The first-order valence-electron chi connectivity index (χ1n) is 9.51. The predicted molar refractivity (Wildman–Crippen MR) is 121 cm³/mol. The van der Waals surface area contributed by atoms with E-state index in [2.05, 4.69) is 31.1 Å². The third-order valence-electron chi connectivity index (χ3n) is 4.82. The lowest BCUT2D eigenvalue weighted by atomic mass is 10.1. The van der Waals surface area contributed by atoms with Crippen LogP contribution in [0.5, 0.6) is 17.2 Å². The highest BCUT2D eigenvalue weighted by atomic mass is 16.5. The molecule has 0 saturated heterocycles. The zero-order chi connectivity index (χ0) is 22.5. The molecule has 3 rings (SSSR count). The van der Waals surface area contributed by atoms with Crippen molar-refractivity contribution in [2.24, 2.45) is 5.10 Å². The van der Waals surface area contributed by atoms with Gasteiger partial charge in [-0.3, -0.25) is 5.43 Å². The summed E-state index contributed by atoms with van der Waals surface area (Å²) >= 11 is 0. The first kappa shape index (κ1) is 21.8. The number of hydrogen-bond donors (Lipinski definition) is 3. The molecule has 2 aromatic heterocycles. The highest BCUT2D eigenvalue weighted by molar-refractivity contribution is 5.82. The van der Waals surface area contributed by atoms with Gasteiger partial charge in [-0.2, -0.15) is 15.1 Å².